The predicted octanol–water partition coefficient (Wildman–Crippen LogP) is 5.19. The van der Waals surface area contributed by atoms with Crippen molar-refractivity contribution in [2.45, 2.75) is 57.7 Å². The molecule has 1 atom stereocenters. The normalized spacial score (nSPS) is 21.8. The molecule has 116 valence electrons. The summed E-state index contributed by atoms with van der Waals surface area (Å²) in [5.41, 5.74) is 2.92. The maximum atomic E-state index is 6.18. The van der Waals surface area contributed by atoms with Gasteiger partial charge in [0.1, 0.15) is 5.75 Å². The van der Waals surface area contributed by atoms with Gasteiger partial charge >= 0.3 is 0 Å². The number of rotatable bonds is 3. The van der Waals surface area contributed by atoms with E-state index in [0.29, 0.717) is 6.61 Å². The van der Waals surface area contributed by atoms with Crippen LogP contribution in [0.4, 0.5) is 0 Å². The number of ether oxygens (including phenoxy) is 2. The first-order valence-electron chi connectivity index (χ1n) is 8.69. The van der Waals surface area contributed by atoms with Crippen molar-refractivity contribution in [3.63, 3.8) is 0 Å². The average molecular weight is 296 g/mol. The monoisotopic (exact) mass is 296 g/mol. The molecule has 0 bridgehead atoms. The predicted molar refractivity (Wildman–Crippen MR) is 89.5 cm³/mol. The minimum Gasteiger partial charge on any atom is -0.464 e. The highest BCUT2D eigenvalue weighted by Crippen LogP contribution is 2.43. The number of aryl methyl sites for hydroxylation is 1. The second-order valence-corrected chi connectivity index (χ2v) is 6.52. The molecule has 0 amide bonds. The number of hydrogen-bond acceptors (Lipinski definition) is 2. The van der Waals surface area contributed by atoms with Crippen molar-refractivity contribution >= 4 is 10.8 Å². The molecule has 1 aliphatic heterocycles. The molecule has 2 heteroatoms. The van der Waals surface area contributed by atoms with Gasteiger partial charge in [-0.3, -0.25) is 0 Å². The molecule has 1 heterocycles. The van der Waals surface area contributed by atoms with E-state index in [-0.39, 0.29) is 6.29 Å². The lowest BCUT2D eigenvalue weighted by atomic mass is 9.88. The van der Waals surface area contributed by atoms with Crippen LogP contribution in [0.15, 0.2) is 30.3 Å². The Labute approximate surface area is 132 Å². The highest BCUT2D eigenvalue weighted by atomic mass is 16.7. The Balaban J connectivity index is 1.82. The van der Waals surface area contributed by atoms with E-state index in [9.17, 15) is 0 Å². The van der Waals surface area contributed by atoms with Crippen molar-refractivity contribution in [2.75, 3.05) is 6.61 Å². The minimum absolute atomic E-state index is 0.0850. The van der Waals surface area contributed by atoms with E-state index in [0.717, 1.165) is 24.5 Å². The van der Waals surface area contributed by atoms with E-state index >= 15 is 0 Å². The van der Waals surface area contributed by atoms with E-state index in [2.05, 4.69) is 30.3 Å². The summed E-state index contributed by atoms with van der Waals surface area (Å²) in [7, 11) is 0. The number of fused-ring (bicyclic) bond motifs is 3. The van der Waals surface area contributed by atoms with Crippen LogP contribution in [0.1, 0.15) is 56.1 Å². The van der Waals surface area contributed by atoms with Gasteiger partial charge < -0.3 is 9.47 Å². The molecule has 2 aliphatic rings. The summed E-state index contributed by atoms with van der Waals surface area (Å²) in [6.07, 6.45) is 7.36. The summed E-state index contributed by atoms with van der Waals surface area (Å²) in [6, 6.07) is 11.2. The van der Waals surface area contributed by atoms with E-state index in [1.54, 1.807) is 5.56 Å². The largest absolute Gasteiger partial charge is 0.464 e. The SMILES string of the molecule is CCOC1CCc2cc(C3CCCC3)c3ccccc3c2O1. The van der Waals surface area contributed by atoms with Crippen LogP contribution >= 0.6 is 0 Å². The van der Waals surface area contributed by atoms with Crippen molar-refractivity contribution in [1.82, 2.24) is 0 Å². The van der Waals surface area contributed by atoms with Crippen LogP contribution in [0.5, 0.6) is 5.75 Å². The van der Waals surface area contributed by atoms with Gasteiger partial charge in [0.25, 0.3) is 0 Å². The Morgan fingerprint density at radius 3 is 2.64 bits per heavy atom. The Bertz CT molecular complexity index is 671. The van der Waals surface area contributed by atoms with Crippen molar-refractivity contribution in [1.29, 1.82) is 0 Å². The van der Waals surface area contributed by atoms with Crippen molar-refractivity contribution < 1.29 is 9.47 Å². The Morgan fingerprint density at radius 1 is 1.09 bits per heavy atom. The third kappa shape index (κ3) is 2.40. The Hall–Kier alpha value is -1.54. The molecule has 1 fully saturated rings. The van der Waals surface area contributed by atoms with Crippen LogP contribution in [-0.4, -0.2) is 12.9 Å². The fourth-order valence-electron chi connectivity index (χ4n) is 4.10. The minimum atomic E-state index is -0.0850. The van der Waals surface area contributed by atoms with Gasteiger partial charge in [-0.2, -0.15) is 0 Å². The van der Waals surface area contributed by atoms with Gasteiger partial charge in [0.2, 0.25) is 0 Å². The Kier molecular flexibility index (Phi) is 3.79. The first kappa shape index (κ1) is 14.1. The van der Waals surface area contributed by atoms with Crippen LogP contribution in [-0.2, 0) is 11.2 Å². The molecule has 1 saturated carbocycles. The molecule has 2 nitrogen and oxygen atoms in total. The van der Waals surface area contributed by atoms with Gasteiger partial charge in [0, 0.05) is 18.4 Å². The van der Waals surface area contributed by atoms with Crippen LogP contribution in [0.3, 0.4) is 0 Å². The zero-order valence-corrected chi connectivity index (χ0v) is 13.3. The quantitative estimate of drug-likeness (QED) is 0.776. The lowest BCUT2D eigenvalue weighted by molar-refractivity contribution is -0.0852. The summed E-state index contributed by atoms with van der Waals surface area (Å²) >= 11 is 0. The summed E-state index contributed by atoms with van der Waals surface area (Å²) in [5.74, 6) is 1.79. The maximum absolute atomic E-state index is 6.18. The molecule has 22 heavy (non-hydrogen) atoms. The summed E-state index contributed by atoms with van der Waals surface area (Å²) < 4.78 is 11.9. The zero-order valence-electron chi connectivity index (χ0n) is 13.3. The second kappa shape index (κ2) is 5.92. The van der Waals surface area contributed by atoms with E-state index in [4.69, 9.17) is 9.47 Å². The molecule has 2 aromatic rings. The fraction of sp³-hybridized carbons (Fsp3) is 0.500. The molecular weight excluding hydrogens is 272 g/mol. The molecule has 0 N–H and O–H groups in total. The summed E-state index contributed by atoms with van der Waals surface area (Å²) in [4.78, 5) is 0. The van der Waals surface area contributed by atoms with E-state index < -0.39 is 0 Å². The summed E-state index contributed by atoms with van der Waals surface area (Å²) in [6.45, 7) is 2.73. The van der Waals surface area contributed by atoms with Gasteiger partial charge in [-0.15, -0.1) is 0 Å². The smallest absolute Gasteiger partial charge is 0.200 e. The highest BCUT2D eigenvalue weighted by molar-refractivity contribution is 5.93. The molecule has 1 aliphatic carbocycles. The van der Waals surface area contributed by atoms with Gasteiger partial charge in [-0.25, -0.2) is 0 Å². The van der Waals surface area contributed by atoms with Crippen LogP contribution in [0.25, 0.3) is 10.8 Å². The standard InChI is InChI=1S/C20H24O2/c1-2-21-19-12-11-15-13-18(14-7-3-4-8-14)16-9-5-6-10-17(16)20(15)22-19/h5-6,9-10,13-14,19H,2-4,7-8,11-12H2,1H3. The number of hydrogen-bond donors (Lipinski definition) is 0. The van der Waals surface area contributed by atoms with Gasteiger partial charge in [0.05, 0.1) is 0 Å². The third-order valence-corrected chi connectivity index (χ3v) is 5.15. The zero-order chi connectivity index (χ0) is 14.9. The topological polar surface area (TPSA) is 18.5 Å². The third-order valence-electron chi connectivity index (χ3n) is 5.15. The maximum Gasteiger partial charge on any atom is 0.200 e. The van der Waals surface area contributed by atoms with Crippen molar-refractivity contribution in [3.8, 4) is 5.75 Å². The lowest BCUT2D eigenvalue weighted by Crippen LogP contribution is -2.26. The molecule has 4 rings (SSSR count). The van der Waals surface area contributed by atoms with Gasteiger partial charge in [-0.1, -0.05) is 43.2 Å². The number of benzene rings is 2. The van der Waals surface area contributed by atoms with Crippen molar-refractivity contribution in [2.24, 2.45) is 0 Å². The lowest BCUT2D eigenvalue weighted by Gasteiger charge is -2.28. The highest BCUT2D eigenvalue weighted by Gasteiger charge is 2.26. The average Bonchev–Trinajstić information content (AvgIpc) is 3.09. The van der Waals surface area contributed by atoms with Gasteiger partial charge in [-0.05, 0) is 48.6 Å². The molecule has 0 radical (unpaired) electrons. The molecule has 1 unspecified atom stereocenters. The van der Waals surface area contributed by atoms with E-state index in [1.165, 1.54) is 42.0 Å². The van der Waals surface area contributed by atoms with E-state index in [1.807, 2.05) is 6.92 Å². The molecule has 0 saturated heterocycles. The molecular formula is C20H24O2. The van der Waals surface area contributed by atoms with Crippen LogP contribution in [0, 0.1) is 0 Å². The summed E-state index contributed by atoms with van der Waals surface area (Å²) in [5, 5.41) is 2.65. The molecule has 0 spiro atoms. The van der Waals surface area contributed by atoms with Crippen LogP contribution < -0.4 is 4.74 Å². The fourth-order valence-corrected chi connectivity index (χ4v) is 4.10. The van der Waals surface area contributed by atoms with Gasteiger partial charge in [0.15, 0.2) is 6.29 Å². The van der Waals surface area contributed by atoms with Crippen molar-refractivity contribution in [3.05, 3.63) is 41.5 Å². The molecule has 0 aromatic heterocycles. The van der Waals surface area contributed by atoms with Crippen LogP contribution in [0.2, 0.25) is 0 Å². The second-order valence-electron chi connectivity index (χ2n) is 6.52. The first-order chi connectivity index (χ1) is 10.9. The first-order valence-corrected chi connectivity index (χ1v) is 8.69. The Morgan fingerprint density at radius 2 is 1.86 bits per heavy atom. The molecule has 2 aromatic carbocycles.